The van der Waals surface area contributed by atoms with Gasteiger partial charge in [0.05, 0.1) is 31.8 Å². The van der Waals surface area contributed by atoms with Crippen LogP contribution in [-0.4, -0.2) is 32.3 Å². The molecule has 0 saturated carbocycles. The number of aryl methyl sites for hydroxylation is 1. The van der Waals surface area contributed by atoms with Crippen molar-refractivity contribution in [2.45, 2.75) is 25.8 Å². The van der Waals surface area contributed by atoms with Gasteiger partial charge in [0.2, 0.25) is 11.9 Å². The van der Waals surface area contributed by atoms with Crippen LogP contribution in [0.5, 0.6) is 0 Å². The molecule has 3 aromatic rings. The molecule has 2 aromatic heterocycles. The van der Waals surface area contributed by atoms with E-state index >= 15 is 0 Å². The number of nitrogens with zero attached hydrogens (tertiary/aromatic N) is 3. The normalized spacial score (nSPS) is 21.4. The van der Waals surface area contributed by atoms with E-state index in [1.54, 1.807) is 25.2 Å². The number of guanidine groups is 1. The highest BCUT2D eigenvalue weighted by molar-refractivity contribution is 7.83. The molecular formula is C20H19Cl2FN4O2S2. The molecule has 0 bridgehead atoms. The Morgan fingerprint density at radius 2 is 2.13 bits per heavy atom. The molecule has 2 N–H and O–H groups in total. The Morgan fingerprint density at radius 3 is 2.77 bits per heavy atom. The van der Waals surface area contributed by atoms with Gasteiger partial charge in [0.15, 0.2) is 5.76 Å². The lowest BCUT2D eigenvalue weighted by Gasteiger charge is -2.33. The van der Waals surface area contributed by atoms with Crippen molar-refractivity contribution in [3.8, 4) is 22.1 Å². The van der Waals surface area contributed by atoms with E-state index in [0.29, 0.717) is 43.6 Å². The minimum atomic E-state index is -1.32. The van der Waals surface area contributed by atoms with E-state index in [2.05, 4.69) is 9.98 Å². The molecule has 0 spiro atoms. The third kappa shape index (κ3) is 4.00. The summed E-state index contributed by atoms with van der Waals surface area (Å²) in [5.41, 5.74) is 6.02. The fraction of sp³-hybridized carbons (Fsp3) is 0.300. The van der Waals surface area contributed by atoms with Gasteiger partial charge in [0.1, 0.15) is 22.3 Å². The lowest BCUT2D eigenvalue weighted by atomic mass is 10.0. The van der Waals surface area contributed by atoms with Crippen molar-refractivity contribution in [2.24, 2.45) is 10.7 Å². The quantitative estimate of drug-likeness (QED) is 0.532. The van der Waals surface area contributed by atoms with Crippen molar-refractivity contribution in [2.75, 3.05) is 12.8 Å². The second-order valence-electron chi connectivity index (χ2n) is 7.27. The van der Waals surface area contributed by atoms with Gasteiger partial charge < -0.3 is 10.2 Å². The topological polar surface area (TPSA) is 84.7 Å². The Bertz CT molecular complexity index is 1230. The summed E-state index contributed by atoms with van der Waals surface area (Å²) in [6.07, 6.45) is 0.552. The van der Waals surface area contributed by atoms with E-state index in [-0.39, 0.29) is 17.3 Å². The Balaban J connectivity index is 1.77. The molecule has 164 valence electrons. The number of halogens is 3. The van der Waals surface area contributed by atoms with Crippen molar-refractivity contribution in [3.05, 3.63) is 50.7 Å². The number of hydrogen-bond acceptors (Lipinski definition) is 6. The third-order valence-corrected chi connectivity index (χ3v) is 8.62. The van der Waals surface area contributed by atoms with Crippen LogP contribution in [0.4, 0.5) is 4.39 Å². The van der Waals surface area contributed by atoms with Crippen LogP contribution in [0.2, 0.25) is 10.0 Å². The number of aromatic nitrogens is 1. The Kier molecular flexibility index (Phi) is 5.89. The van der Waals surface area contributed by atoms with Crippen LogP contribution in [0.25, 0.3) is 22.1 Å². The molecule has 6 nitrogen and oxygen atoms in total. The zero-order valence-electron chi connectivity index (χ0n) is 16.9. The smallest absolute Gasteiger partial charge is 0.237 e. The molecule has 0 fully saturated rings. The Labute approximate surface area is 195 Å². The molecule has 0 saturated heterocycles. The number of oxazole rings is 1. The standard InChI is InChI=1S/C20H19Cl2FN4O2S2/c1-4-14-16(11-6-5-10(21)7-13(11)23)29-18(25-14)15-8-12(22)17(30-15)20(2)9-31(28)27(3)19(24)26-20/h5-8H,4,9H2,1-3H3,(H2,24,26). The average molecular weight is 501 g/mol. The maximum absolute atomic E-state index is 14.5. The predicted octanol–water partition coefficient (Wildman–Crippen LogP) is 5.22. The van der Waals surface area contributed by atoms with E-state index in [1.807, 2.05) is 13.8 Å². The maximum Gasteiger partial charge on any atom is 0.237 e. The summed E-state index contributed by atoms with van der Waals surface area (Å²) in [6, 6.07) is 6.14. The van der Waals surface area contributed by atoms with E-state index in [0.717, 1.165) is 0 Å². The minimum absolute atomic E-state index is 0.183. The van der Waals surface area contributed by atoms with Crippen molar-refractivity contribution in [1.82, 2.24) is 9.29 Å². The first-order valence-corrected chi connectivity index (χ1v) is 12.2. The minimum Gasteiger partial charge on any atom is -0.435 e. The molecule has 0 radical (unpaired) electrons. The monoisotopic (exact) mass is 500 g/mol. The summed E-state index contributed by atoms with van der Waals surface area (Å²) in [5.74, 6) is 0.626. The number of aliphatic imine (C=N–C) groups is 1. The van der Waals surface area contributed by atoms with E-state index < -0.39 is 22.3 Å². The van der Waals surface area contributed by atoms with E-state index in [1.165, 1.54) is 21.7 Å². The largest absolute Gasteiger partial charge is 0.435 e. The van der Waals surface area contributed by atoms with Crippen molar-refractivity contribution >= 4 is 51.5 Å². The highest BCUT2D eigenvalue weighted by Gasteiger charge is 2.39. The van der Waals surface area contributed by atoms with Crippen LogP contribution >= 0.6 is 34.5 Å². The second-order valence-corrected chi connectivity index (χ2v) is 10.6. The van der Waals surface area contributed by atoms with Gasteiger partial charge in [-0.05, 0) is 37.6 Å². The van der Waals surface area contributed by atoms with Gasteiger partial charge in [0.25, 0.3) is 0 Å². The van der Waals surface area contributed by atoms with Crippen molar-refractivity contribution < 1.29 is 13.0 Å². The fourth-order valence-electron chi connectivity index (χ4n) is 3.34. The van der Waals surface area contributed by atoms with Crippen LogP contribution in [0.3, 0.4) is 0 Å². The van der Waals surface area contributed by atoms with Gasteiger partial charge >= 0.3 is 0 Å². The van der Waals surface area contributed by atoms with Gasteiger partial charge in [-0.15, -0.1) is 11.3 Å². The zero-order valence-corrected chi connectivity index (χ0v) is 20.1. The van der Waals surface area contributed by atoms with Gasteiger partial charge in [-0.1, -0.05) is 30.1 Å². The highest BCUT2D eigenvalue weighted by Crippen LogP contribution is 2.44. The average Bonchev–Trinajstić information content (AvgIpc) is 3.30. The molecular weight excluding hydrogens is 482 g/mol. The summed E-state index contributed by atoms with van der Waals surface area (Å²) < 4.78 is 34.3. The highest BCUT2D eigenvalue weighted by atomic mass is 35.5. The molecule has 31 heavy (non-hydrogen) atoms. The van der Waals surface area contributed by atoms with Crippen LogP contribution in [0.15, 0.2) is 33.7 Å². The predicted molar refractivity (Wildman–Crippen MR) is 124 cm³/mol. The Morgan fingerprint density at radius 1 is 1.39 bits per heavy atom. The summed E-state index contributed by atoms with van der Waals surface area (Å²) in [7, 11) is 0.306. The second kappa shape index (κ2) is 8.20. The molecule has 11 heteroatoms. The maximum atomic E-state index is 14.5. The number of benzene rings is 1. The van der Waals surface area contributed by atoms with Crippen LogP contribution in [0, 0.1) is 5.82 Å². The molecule has 0 amide bonds. The zero-order chi connectivity index (χ0) is 22.5. The Hall–Kier alpha value is -1.94. The molecule has 1 aliphatic rings. The number of thiophene rings is 1. The van der Waals surface area contributed by atoms with Crippen LogP contribution in [-0.2, 0) is 22.9 Å². The van der Waals surface area contributed by atoms with Crippen LogP contribution < -0.4 is 5.73 Å². The molecule has 2 atom stereocenters. The third-order valence-electron chi connectivity index (χ3n) is 4.99. The first-order valence-electron chi connectivity index (χ1n) is 9.35. The van der Waals surface area contributed by atoms with Crippen molar-refractivity contribution in [1.29, 1.82) is 0 Å². The molecule has 3 heterocycles. The van der Waals surface area contributed by atoms with Crippen molar-refractivity contribution in [3.63, 3.8) is 0 Å². The molecule has 2 unspecified atom stereocenters. The first kappa shape index (κ1) is 22.3. The molecule has 1 aliphatic heterocycles. The number of nitrogens with two attached hydrogens (primary N) is 1. The van der Waals surface area contributed by atoms with Gasteiger partial charge in [-0.2, -0.15) is 0 Å². The summed E-state index contributed by atoms with van der Waals surface area (Å²) >= 11 is 13.7. The van der Waals surface area contributed by atoms with E-state index in [4.69, 9.17) is 33.4 Å². The molecule has 0 aliphatic carbocycles. The summed E-state index contributed by atoms with van der Waals surface area (Å²) in [4.78, 5) is 10.5. The fourth-order valence-corrected chi connectivity index (χ4v) is 6.28. The lowest BCUT2D eigenvalue weighted by Crippen LogP contribution is -2.47. The van der Waals surface area contributed by atoms with Gasteiger partial charge in [0, 0.05) is 12.1 Å². The molecule has 4 rings (SSSR count). The van der Waals surface area contributed by atoms with Gasteiger partial charge in [-0.25, -0.2) is 18.6 Å². The first-order chi connectivity index (χ1) is 14.6. The molecule has 1 aromatic carbocycles. The van der Waals surface area contributed by atoms with Crippen LogP contribution in [0.1, 0.15) is 24.4 Å². The van der Waals surface area contributed by atoms with Gasteiger partial charge in [-0.3, -0.25) is 4.31 Å². The number of hydrogen-bond donors (Lipinski definition) is 1. The summed E-state index contributed by atoms with van der Waals surface area (Å²) in [6.45, 7) is 3.76. The summed E-state index contributed by atoms with van der Waals surface area (Å²) in [5, 5.41) is 0.758. The number of rotatable bonds is 4. The lowest BCUT2D eigenvalue weighted by molar-refractivity contribution is 0.524. The SMILES string of the molecule is CCc1nc(-c2cc(Cl)c(C3(C)CS(=O)N(C)C(N)=N3)s2)oc1-c1ccc(Cl)cc1F. The van der Waals surface area contributed by atoms with E-state index in [9.17, 15) is 8.60 Å².